The molecule has 0 spiro atoms. The molecule has 0 fully saturated rings. The van der Waals surface area contributed by atoms with Gasteiger partial charge in [-0.25, -0.2) is 4.98 Å². The first kappa shape index (κ1) is 15.5. The van der Waals surface area contributed by atoms with Crippen LogP contribution in [-0.4, -0.2) is 34.1 Å². The molecule has 0 radical (unpaired) electrons. The number of nitrogens with zero attached hydrogens (tertiary/aromatic N) is 1. The molecule has 1 heterocycles. The van der Waals surface area contributed by atoms with Crippen molar-refractivity contribution in [1.82, 2.24) is 4.98 Å². The van der Waals surface area contributed by atoms with Gasteiger partial charge in [0.25, 0.3) is 0 Å². The minimum atomic E-state index is -0.0971. The number of benzene rings is 1. The minimum Gasteiger partial charge on any atom is -0.396 e. The summed E-state index contributed by atoms with van der Waals surface area (Å²) in [7, 11) is 0. The summed E-state index contributed by atoms with van der Waals surface area (Å²) in [5.74, 6) is 0.795. The van der Waals surface area contributed by atoms with E-state index >= 15 is 0 Å². The summed E-state index contributed by atoms with van der Waals surface area (Å²) in [5.41, 5.74) is 1.86. The molecule has 1 amide bonds. The van der Waals surface area contributed by atoms with Crippen LogP contribution in [0.3, 0.4) is 0 Å². The second-order valence-electron chi connectivity index (χ2n) is 3.87. The third kappa shape index (κ3) is 4.59. The number of aliphatic hydroxyl groups is 1. The second kappa shape index (κ2) is 7.78. The summed E-state index contributed by atoms with van der Waals surface area (Å²) >= 11 is 6.19. The van der Waals surface area contributed by atoms with Crippen LogP contribution < -0.4 is 5.32 Å². The Balaban J connectivity index is 1.95. The molecule has 106 valence electrons. The lowest BCUT2D eigenvalue weighted by Crippen LogP contribution is -2.14. The molecule has 0 aliphatic carbocycles. The zero-order valence-corrected chi connectivity index (χ0v) is 13.7. The summed E-state index contributed by atoms with van der Waals surface area (Å²) in [6.07, 6.45) is 0. The van der Waals surface area contributed by atoms with E-state index in [2.05, 4.69) is 26.2 Å². The Bertz CT molecular complexity index is 572. The molecule has 0 saturated heterocycles. The molecule has 0 saturated carbocycles. The normalized spacial score (nSPS) is 10.5. The van der Waals surface area contributed by atoms with Crippen LogP contribution in [0.15, 0.2) is 34.1 Å². The number of carbonyl (C=O) groups excluding carboxylic acids is 1. The van der Waals surface area contributed by atoms with Crippen molar-refractivity contribution in [2.75, 3.05) is 23.4 Å². The first-order chi connectivity index (χ1) is 9.69. The van der Waals surface area contributed by atoms with Gasteiger partial charge >= 0.3 is 0 Å². The molecule has 0 aliphatic heterocycles. The molecule has 2 aromatic rings. The maximum Gasteiger partial charge on any atom is 0.236 e. The van der Waals surface area contributed by atoms with Gasteiger partial charge < -0.3 is 10.4 Å². The summed E-state index contributed by atoms with van der Waals surface area (Å²) in [6, 6.07) is 7.86. The van der Waals surface area contributed by atoms with Gasteiger partial charge in [0.1, 0.15) is 0 Å². The predicted octanol–water partition coefficient (Wildman–Crippen LogP) is 3.24. The van der Waals surface area contributed by atoms with E-state index in [4.69, 9.17) is 5.11 Å². The van der Waals surface area contributed by atoms with Crippen LogP contribution in [0.5, 0.6) is 0 Å². The van der Waals surface area contributed by atoms with E-state index in [9.17, 15) is 4.79 Å². The second-order valence-corrected chi connectivity index (χ2v) is 6.75. The van der Waals surface area contributed by atoms with Crippen LogP contribution in [0.1, 0.15) is 0 Å². The number of carbonyl (C=O) groups is 1. The van der Waals surface area contributed by atoms with E-state index < -0.39 is 0 Å². The van der Waals surface area contributed by atoms with Gasteiger partial charge in [-0.2, -0.15) is 0 Å². The maximum atomic E-state index is 11.6. The van der Waals surface area contributed by atoms with Crippen LogP contribution in [0, 0.1) is 0 Å². The fraction of sp³-hybridized carbons (Fsp3) is 0.231. The molecule has 7 heteroatoms. The number of aromatic nitrogens is 1. The molecular weight excluding hydrogens is 360 g/mol. The van der Waals surface area contributed by atoms with Gasteiger partial charge in [-0.1, -0.05) is 28.1 Å². The molecule has 2 rings (SSSR count). The van der Waals surface area contributed by atoms with E-state index in [1.807, 2.05) is 29.6 Å². The van der Waals surface area contributed by atoms with Crippen LogP contribution in [0.4, 0.5) is 5.13 Å². The Hall–Kier alpha value is -0.890. The first-order valence-electron chi connectivity index (χ1n) is 5.89. The van der Waals surface area contributed by atoms with E-state index in [1.165, 1.54) is 23.1 Å². The quantitative estimate of drug-likeness (QED) is 0.764. The number of halogens is 1. The predicted molar refractivity (Wildman–Crippen MR) is 88.3 cm³/mol. The Kier molecular flexibility index (Phi) is 6.03. The number of hydrogen-bond donors (Lipinski definition) is 2. The van der Waals surface area contributed by atoms with Gasteiger partial charge in [0.2, 0.25) is 5.91 Å². The molecular formula is C13H13BrN2O2S2. The van der Waals surface area contributed by atoms with Crippen LogP contribution in [-0.2, 0) is 4.79 Å². The van der Waals surface area contributed by atoms with Gasteiger partial charge in [0, 0.05) is 21.2 Å². The van der Waals surface area contributed by atoms with E-state index in [1.54, 1.807) is 0 Å². The SMILES string of the molecule is O=C(CSCCO)Nc1nc(-c2ccc(Br)cc2)cs1. The van der Waals surface area contributed by atoms with Gasteiger partial charge in [0.05, 0.1) is 18.1 Å². The summed E-state index contributed by atoms with van der Waals surface area (Å²) < 4.78 is 1.02. The number of amides is 1. The lowest BCUT2D eigenvalue weighted by atomic mass is 10.2. The van der Waals surface area contributed by atoms with Crippen LogP contribution >= 0.6 is 39.0 Å². The highest BCUT2D eigenvalue weighted by molar-refractivity contribution is 9.10. The monoisotopic (exact) mass is 372 g/mol. The Morgan fingerprint density at radius 1 is 1.40 bits per heavy atom. The lowest BCUT2D eigenvalue weighted by molar-refractivity contribution is -0.113. The van der Waals surface area contributed by atoms with Gasteiger partial charge in [-0.3, -0.25) is 4.79 Å². The van der Waals surface area contributed by atoms with Crippen molar-refractivity contribution in [2.24, 2.45) is 0 Å². The fourth-order valence-corrected chi connectivity index (χ4v) is 3.00. The standard InChI is InChI=1S/C13H13BrN2O2S2/c14-10-3-1-9(2-4-10)11-7-20-13(15-11)16-12(18)8-19-6-5-17/h1-4,7,17H,5-6,8H2,(H,15,16,18). The molecule has 0 aliphatic rings. The number of nitrogens with one attached hydrogen (secondary N) is 1. The van der Waals surface area contributed by atoms with Crippen molar-refractivity contribution in [2.45, 2.75) is 0 Å². The zero-order chi connectivity index (χ0) is 14.4. The number of hydrogen-bond acceptors (Lipinski definition) is 5. The minimum absolute atomic E-state index is 0.0862. The third-order valence-corrected chi connectivity index (χ3v) is 4.58. The lowest BCUT2D eigenvalue weighted by Gasteiger charge is -2.00. The number of thiazole rings is 1. The van der Waals surface area contributed by atoms with Crippen molar-refractivity contribution < 1.29 is 9.90 Å². The number of aliphatic hydroxyl groups excluding tert-OH is 1. The van der Waals surface area contributed by atoms with Gasteiger partial charge in [0.15, 0.2) is 5.13 Å². The molecule has 4 nitrogen and oxygen atoms in total. The molecule has 20 heavy (non-hydrogen) atoms. The average Bonchev–Trinajstić information content (AvgIpc) is 2.88. The highest BCUT2D eigenvalue weighted by atomic mass is 79.9. The Labute approximate surface area is 133 Å². The van der Waals surface area contributed by atoms with Crippen LogP contribution in [0.25, 0.3) is 11.3 Å². The summed E-state index contributed by atoms with van der Waals surface area (Å²) in [4.78, 5) is 16.0. The van der Waals surface area contributed by atoms with Crippen molar-refractivity contribution in [3.63, 3.8) is 0 Å². The van der Waals surface area contributed by atoms with E-state index in [0.29, 0.717) is 16.6 Å². The fourth-order valence-electron chi connectivity index (χ4n) is 1.47. The molecule has 2 N–H and O–H groups in total. The topological polar surface area (TPSA) is 62.2 Å². The largest absolute Gasteiger partial charge is 0.396 e. The first-order valence-corrected chi connectivity index (χ1v) is 8.71. The summed E-state index contributed by atoms with van der Waals surface area (Å²) in [6.45, 7) is 0.0862. The Morgan fingerprint density at radius 2 is 2.15 bits per heavy atom. The molecule has 0 atom stereocenters. The van der Waals surface area contributed by atoms with E-state index in [0.717, 1.165) is 15.7 Å². The van der Waals surface area contributed by atoms with Gasteiger partial charge in [-0.05, 0) is 12.1 Å². The molecule has 1 aromatic carbocycles. The van der Waals surface area contributed by atoms with Crippen molar-refractivity contribution in [3.8, 4) is 11.3 Å². The number of rotatable bonds is 6. The van der Waals surface area contributed by atoms with Crippen LogP contribution in [0.2, 0.25) is 0 Å². The smallest absolute Gasteiger partial charge is 0.236 e. The number of anilines is 1. The third-order valence-electron chi connectivity index (χ3n) is 2.36. The van der Waals surface area contributed by atoms with Crippen molar-refractivity contribution in [1.29, 1.82) is 0 Å². The van der Waals surface area contributed by atoms with Gasteiger partial charge in [-0.15, -0.1) is 23.1 Å². The highest BCUT2D eigenvalue weighted by Gasteiger charge is 2.08. The zero-order valence-electron chi connectivity index (χ0n) is 10.5. The van der Waals surface area contributed by atoms with Crippen molar-refractivity contribution in [3.05, 3.63) is 34.1 Å². The maximum absolute atomic E-state index is 11.6. The highest BCUT2D eigenvalue weighted by Crippen LogP contribution is 2.26. The molecule has 0 bridgehead atoms. The molecule has 1 aromatic heterocycles. The molecule has 0 unspecified atom stereocenters. The Morgan fingerprint density at radius 3 is 2.85 bits per heavy atom. The number of thioether (sulfide) groups is 1. The average molecular weight is 373 g/mol. The van der Waals surface area contributed by atoms with E-state index in [-0.39, 0.29) is 12.5 Å². The summed E-state index contributed by atoms with van der Waals surface area (Å²) in [5, 5.41) is 13.9. The van der Waals surface area contributed by atoms with Crippen molar-refractivity contribution >= 4 is 50.1 Å².